The third kappa shape index (κ3) is 5.14. The number of hydrogen-bond donors (Lipinski definition) is 5. The van der Waals surface area contributed by atoms with Crippen molar-refractivity contribution >= 4 is 28.0 Å². The van der Waals surface area contributed by atoms with Gasteiger partial charge < -0.3 is 25.8 Å². The number of H-pyrrole nitrogens is 1. The molecular formula is C29H36N4O2. The maximum atomic E-state index is 10.1. The number of anilines is 2. The van der Waals surface area contributed by atoms with Crippen LogP contribution in [0.2, 0.25) is 0 Å². The number of aromatic nitrogens is 1. The topological polar surface area (TPSA) is 92.7 Å². The van der Waals surface area contributed by atoms with Crippen molar-refractivity contribution in [1.82, 2.24) is 4.98 Å². The van der Waals surface area contributed by atoms with Crippen molar-refractivity contribution < 1.29 is 10.2 Å². The second-order valence-electron chi connectivity index (χ2n) is 9.90. The number of hydrogen-bond acceptors (Lipinski definition) is 5. The van der Waals surface area contributed by atoms with Crippen molar-refractivity contribution in [1.29, 1.82) is 0 Å². The van der Waals surface area contributed by atoms with Crippen LogP contribution in [0.5, 0.6) is 0 Å². The Morgan fingerprint density at radius 3 is 2.86 bits per heavy atom. The largest absolute Gasteiger partial charge is 0.393 e. The summed E-state index contributed by atoms with van der Waals surface area (Å²) >= 11 is 0. The Kier molecular flexibility index (Phi) is 6.93. The molecule has 2 aliphatic rings. The molecular weight excluding hydrogens is 436 g/mol. The number of nitrogens with one attached hydrogen (secondary N) is 3. The van der Waals surface area contributed by atoms with Gasteiger partial charge in [0.2, 0.25) is 0 Å². The van der Waals surface area contributed by atoms with E-state index in [4.69, 9.17) is 0 Å². The Hall–Kier alpha value is -3.09. The average molecular weight is 473 g/mol. The molecule has 2 atom stereocenters. The molecule has 1 saturated carbocycles. The second-order valence-corrected chi connectivity index (χ2v) is 9.90. The van der Waals surface area contributed by atoms with Crippen LogP contribution in [0.25, 0.3) is 10.9 Å². The van der Waals surface area contributed by atoms with E-state index in [-0.39, 0.29) is 6.10 Å². The van der Waals surface area contributed by atoms with Crippen LogP contribution in [-0.4, -0.2) is 46.2 Å². The maximum absolute atomic E-state index is 10.1. The van der Waals surface area contributed by atoms with Gasteiger partial charge in [-0.1, -0.05) is 18.2 Å². The summed E-state index contributed by atoms with van der Waals surface area (Å²) in [6.07, 6.45) is 6.59. The number of aromatic amines is 1. The van der Waals surface area contributed by atoms with Gasteiger partial charge in [-0.15, -0.1) is 0 Å². The van der Waals surface area contributed by atoms with Gasteiger partial charge in [0.05, 0.1) is 17.9 Å². The predicted octanol–water partition coefficient (Wildman–Crippen LogP) is 5.11. The molecule has 3 aromatic rings. The summed E-state index contributed by atoms with van der Waals surface area (Å²) in [4.78, 5) is 8.00. The number of aliphatic imine (C=N–C) groups is 1. The molecule has 35 heavy (non-hydrogen) atoms. The molecule has 0 amide bonds. The van der Waals surface area contributed by atoms with Gasteiger partial charge in [0.25, 0.3) is 0 Å². The molecule has 1 aromatic heterocycles. The van der Waals surface area contributed by atoms with E-state index in [1.54, 1.807) is 0 Å². The molecule has 1 aliphatic heterocycles. The molecule has 0 bridgehead atoms. The van der Waals surface area contributed by atoms with E-state index in [0.717, 1.165) is 68.7 Å². The quantitative estimate of drug-likeness (QED) is 0.299. The lowest BCUT2D eigenvalue weighted by Gasteiger charge is -2.20. The van der Waals surface area contributed by atoms with Gasteiger partial charge in [0.1, 0.15) is 0 Å². The van der Waals surface area contributed by atoms with Crippen LogP contribution >= 0.6 is 0 Å². The van der Waals surface area contributed by atoms with Gasteiger partial charge in [-0.3, -0.25) is 4.99 Å². The lowest BCUT2D eigenvalue weighted by molar-refractivity contribution is 0.185. The van der Waals surface area contributed by atoms with E-state index >= 15 is 0 Å². The van der Waals surface area contributed by atoms with Crippen LogP contribution in [0.4, 0.5) is 11.4 Å². The van der Waals surface area contributed by atoms with Crippen molar-refractivity contribution in [2.75, 3.05) is 23.7 Å². The van der Waals surface area contributed by atoms with Crippen molar-refractivity contribution in [3.8, 4) is 0 Å². The van der Waals surface area contributed by atoms with Gasteiger partial charge in [0, 0.05) is 53.7 Å². The zero-order valence-electron chi connectivity index (χ0n) is 20.7. The molecule has 184 valence electrons. The number of benzene rings is 2. The summed E-state index contributed by atoms with van der Waals surface area (Å²) in [5, 5.41) is 28.3. The Balaban J connectivity index is 1.21. The maximum Gasteiger partial charge on any atom is 0.0962 e. The first-order valence-corrected chi connectivity index (χ1v) is 12.8. The lowest BCUT2D eigenvalue weighted by atomic mass is 10.0. The van der Waals surface area contributed by atoms with Gasteiger partial charge in [-0.2, -0.15) is 0 Å². The van der Waals surface area contributed by atoms with E-state index in [1.807, 2.05) is 6.92 Å². The van der Waals surface area contributed by atoms with Crippen LogP contribution in [-0.2, 0) is 12.8 Å². The third-order valence-electron chi connectivity index (χ3n) is 7.25. The normalized spacial score (nSPS) is 18.5. The van der Waals surface area contributed by atoms with Gasteiger partial charge in [-0.25, -0.2) is 0 Å². The number of fused-ring (bicyclic) bond motifs is 2. The standard InChI is InChI=1S/C29H36N4O2/c1-18-16-22(33-26-13-15-31-29-24(26)9-11-27(29)35)8-10-25(18)30-14-12-21-17-32-28-20(7-6-19(2)34)4-3-5-23(21)28/h3-5,8,10,16-17,19,27,30,32-35H,6-7,9,11-15H2,1-2H3. The van der Waals surface area contributed by atoms with Gasteiger partial charge >= 0.3 is 0 Å². The summed E-state index contributed by atoms with van der Waals surface area (Å²) in [6.45, 7) is 5.58. The highest BCUT2D eigenvalue weighted by atomic mass is 16.3. The number of aryl methyl sites for hydroxylation is 2. The summed E-state index contributed by atoms with van der Waals surface area (Å²) < 4.78 is 0. The molecule has 5 N–H and O–H groups in total. The van der Waals surface area contributed by atoms with Crippen LogP contribution in [0.1, 0.15) is 49.3 Å². The SMILES string of the molecule is Cc1cc(NC2=C3CCC(O)C3=NCC2)ccc1NCCc1c[nH]c2c(CCC(C)O)cccc12. The fourth-order valence-electron chi connectivity index (χ4n) is 5.33. The number of aliphatic hydroxyl groups is 2. The van der Waals surface area contributed by atoms with Crippen LogP contribution in [0.15, 0.2) is 58.9 Å². The Bertz CT molecular complexity index is 1270. The first-order valence-electron chi connectivity index (χ1n) is 12.8. The lowest BCUT2D eigenvalue weighted by Crippen LogP contribution is -2.20. The number of aliphatic hydroxyl groups excluding tert-OH is 2. The molecule has 2 aromatic carbocycles. The Labute approximate surface area is 207 Å². The number of nitrogens with zero attached hydrogens (tertiary/aromatic N) is 1. The summed E-state index contributed by atoms with van der Waals surface area (Å²) in [5.74, 6) is 0. The fourth-order valence-corrected chi connectivity index (χ4v) is 5.33. The summed E-state index contributed by atoms with van der Waals surface area (Å²) in [7, 11) is 0. The Morgan fingerprint density at radius 2 is 2.03 bits per heavy atom. The highest BCUT2D eigenvalue weighted by Gasteiger charge is 2.29. The van der Waals surface area contributed by atoms with Crippen molar-refractivity contribution in [3.63, 3.8) is 0 Å². The highest BCUT2D eigenvalue weighted by Crippen LogP contribution is 2.31. The van der Waals surface area contributed by atoms with Crippen LogP contribution < -0.4 is 10.6 Å². The molecule has 1 aliphatic carbocycles. The minimum atomic E-state index is -0.400. The molecule has 2 unspecified atom stereocenters. The molecule has 0 spiro atoms. The molecule has 0 saturated heterocycles. The zero-order valence-corrected chi connectivity index (χ0v) is 20.7. The predicted molar refractivity (Wildman–Crippen MR) is 144 cm³/mol. The molecule has 0 radical (unpaired) electrons. The molecule has 6 nitrogen and oxygen atoms in total. The number of rotatable bonds is 9. The van der Waals surface area contributed by atoms with E-state index in [2.05, 4.69) is 70.1 Å². The molecule has 2 heterocycles. The fraction of sp³-hybridized carbons (Fsp3) is 0.414. The highest BCUT2D eigenvalue weighted by molar-refractivity contribution is 6.06. The van der Waals surface area contributed by atoms with E-state index in [0.29, 0.717) is 0 Å². The van der Waals surface area contributed by atoms with Crippen molar-refractivity contribution in [2.45, 2.75) is 64.6 Å². The summed E-state index contributed by atoms with van der Waals surface area (Å²) in [5.41, 5.74) is 10.5. The summed E-state index contributed by atoms with van der Waals surface area (Å²) in [6, 6.07) is 12.9. The molecule has 5 rings (SSSR count). The minimum absolute atomic E-state index is 0.282. The minimum Gasteiger partial charge on any atom is -0.393 e. The number of para-hydroxylation sites is 1. The number of dihydropyridines is 1. The van der Waals surface area contributed by atoms with E-state index in [1.165, 1.54) is 38.9 Å². The first-order chi connectivity index (χ1) is 17.0. The van der Waals surface area contributed by atoms with Gasteiger partial charge in [-0.05, 0) is 86.4 Å². The van der Waals surface area contributed by atoms with Crippen LogP contribution in [0.3, 0.4) is 0 Å². The average Bonchev–Trinajstić information content (AvgIpc) is 3.44. The van der Waals surface area contributed by atoms with Crippen molar-refractivity contribution in [3.05, 3.63) is 70.6 Å². The first kappa shape index (κ1) is 23.6. The second kappa shape index (κ2) is 10.3. The van der Waals surface area contributed by atoms with E-state index < -0.39 is 6.10 Å². The Morgan fingerprint density at radius 1 is 1.14 bits per heavy atom. The third-order valence-corrected chi connectivity index (χ3v) is 7.25. The van der Waals surface area contributed by atoms with Crippen LogP contribution in [0, 0.1) is 6.92 Å². The van der Waals surface area contributed by atoms with Crippen molar-refractivity contribution in [2.24, 2.45) is 4.99 Å². The monoisotopic (exact) mass is 472 g/mol. The zero-order chi connectivity index (χ0) is 24.4. The molecule has 1 fully saturated rings. The van der Waals surface area contributed by atoms with Gasteiger partial charge in [0.15, 0.2) is 0 Å². The van der Waals surface area contributed by atoms with E-state index in [9.17, 15) is 10.2 Å². The molecule has 6 heteroatoms. The smallest absolute Gasteiger partial charge is 0.0962 e.